The van der Waals surface area contributed by atoms with Crippen LogP contribution in [0.25, 0.3) is 0 Å². The van der Waals surface area contributed by atoms with Gasteiger partial charge in [-0.1, -0.05) is 18.2 Å². The average Bonchev–Trinajstić information content (AvgIpc) is 2.56. The van der Waals surface area contributed by atoms with Crippen LogP contribution in [0.1, 0.15) is 15.3 Å². The molecule has 1 N–H and O–H groups in total. The van der Waals surface area contributed by atoms with Crippen molar-refractivity contribution < 1.29 is 0 Å². The first kappa shape index (κ1) is 10.2. The Morgan fingerprint density at radius 2 is 1.87 bits per heavy atom. The third-order valence-electron chi connectivity index (χ3n) is 2.40. The second-order valence-electron chi connectivity index (χ2n) is 3.66. The maximum atomic E-state index is 3.42. The van der Waals surface area contributed by atoms with Gasteiger partial charge in [0.2, 0.25) is 0 Å². The fourth-order valence-corrected chi connectivity index (χ4v) is 2.56. The number of aryl methyl sites for hydroxylation is 2. The highest BCUT2D eigenvalue weighted by atomic mass is 32.1. The molecular weight excluding hydrogens is 202 g/mol. The molecule has 2 rings (SSSR count). The molecule has 2 aromatic rings. The molecule has 15 heavy (non-hydrogen) atoms. The fourth-order valence-electron chi connectivity index (χ4n) is 1.61. The minimum Gasteiger partial charge on any atom is -0.381 e. The largest absolute Gasteiger partial charge is 0.381 e. The summed E-state index contributed by atoms with van der Waals surface area (Å²) >= 11 is 1.86. The first-order valence-electron chi connectivity index (χ1n) is 5.10. The summed E-state index contributed by atoms with van der Waals surface area (Å²) in [6, 6.07) is 12.6. The maximum Gasteiger partial charge on any atom is 0.0411 e. The quantitative estimate of drug-likeness (QED) is 0.820. The minimum absolute atomic E-state index is 0.917. The van der Waals surface area contributed by atoms with Crippen molar-refractivity contribution in [1.82, 2.24) is 0 Å². The lowest BCUT2D eigenvalue weighted by Crippen LogP contribution is -1.98. The van der Waals surface area contributed by atoms with Crippen LogP contribution >= 0.6 is 11.3 Å². The molecule has 2 heteroatoms. The van der Waals surface area contributed by atoms with Gasteiger partial charge in [-0.3, -0.25) is 0 Å². The number of rotatable bonds is 3. The van der Waals surface area contributed by atoms with Crippen LogP contribution in [0, 0.1) is 13.8 Å². The Morgan fingerprint density at radius 1 is 1.13 bits per heavy atom. The summed E-state index contributed by atoms with van der Waals surface area (Å²) in [6.45, 7) is 5.25. The molecule has 0 atom stereocenters. The number of nitrogens with one attached hydrogen (secondary N) is 1. The van der Waals surface area contributed by atoms with Gasteiger partial charge in [0.05, 0.1) is 0 Å². The third-order valence-corrected chi connectivity index (χ3v) is 3.41. The molecule has 0 amide bonds. The minimum atomic E-state index is 0.917. The van der Waals surface area contributed by atoms with E-state index in [2.05, 4.69) is 37.4 Å². The van der Waals surface area contributed by atoms with E-state index in [-0.39, 0.29) is 0 Å². The Morgan fingerprint density at radius 3 is 2.47 bits per heavy atom. The van der Waals surface area contributed by atoms with Crippen LogP contribution in [0.4, 0.5) is 5.69 Å². The molecule has 0 aliphatic heterocycles. The third kappa shape index (κ3) is 2.60. The molecule has 0 spiro atoms. The molecule has 0 fully saturated rings. The number of para-hydroxylation sites is 1. The zero-order chi connectivity index (χ0) is 10.7. The lowest BCUT2D eigenvalue weighted by atomic mass is 10.2. The van der Waals surface area contributed by atoms with Crippen molar-refractivity contribution >= 4 is 17.0 Å². The van der Waals surface area contributed by atoms with Crippen molar-refractivity contribution in [3.63, 3.8) is 0 Å². The van der Waals surface area contributed by atoms with Gasteiger partial charge in [0.1, 0.15) is 0 Å². The molecule has 0 aliphatic rings. The molecule has 1 aromatic heterocycles. The van der Waals surface area contributed by atoms with E-state index in [0.29, 0.717) is 0 Å². The highest BCUT2D eigenvalue weighted by Crippen LogP contribution is 2.21. The molecule has 0 radical (unpaired) electrons. The Bertz CT molecular complexity index is 431. The molecule has 1 heterocycles. The van der Waals surface area contributed by atoms with E-state index >= 15 is 0 Å². The van der Waals surface area contributed by atoms with Gasteiger partial charge in [-0.15, -0.1) is 11.3 Å². The maximum absolute atomic E-state index is 3.42. The van der Waals surface area contributed by atoms with Crippen LogP contribution in [-0.2, 0) is 6.54 Å². The predicted octanol–water partition coefficient (Wildman–Crippen LogP) is 3.98. The summed E-state index contributed by atoms with van der Waals surface area (Å²) in [7, 11) is 0. The van der Waals surface area contributed by atoms with Gasteiger partial charge in [-0.2, -0.15) is 0 Å². The summed E-state index contributed by atoms with van der Waals surface area (Å²) in [5, 5.41) is 3.42. The molecule has 1 nitrogen and oxygen atoms in total. The van der Waals surface area contributed by atoms with Gasteiger partial charge >= 0.3 is 0 Å². The SMILES string of the molecule is Cc1cc(CNc2ccccc2)c(C)s1. The predicted molar refractivity (Wildman–Crippen MR) is 67.6 cm³/mol. The number of thiophene rings is 1. The van der Waals surface area contributed by atoms with Crippen LogP contribution in [0.3, 0.4) is 0 Å². The van der Waals surface area contributed by atoms with Gasteiger partial charge in [0.15, 0.2) is 0 Å². The summed E-state index contributed by atoms with van der Waals surface area (Å²) < 4.78 is 0. The molecule has 0 unspecified atom stereocenters. The van der Waals surface area contributed by atoms with E-state index in [0.717, 1.165) is 6.54 Å². The van der Waals surface area contributed by atoms with Gasteiger partial charge in [0, 0.05) is 22.0 Å². The Labute approximate surface area is 94.8 Å². The normalized spacial score (nSPS) is 10.3. The number of anilines is 1. The average molecular weight is 217 g/mol. The molecule has 0 saturated heterocycles. The van der Waals surface area contributed by atoms with Crippen molar-refractivity contribution in [3.8, 4) is 0 Å². The Balaban J connectivity index is 2.02. The monoisotopic (exact) mass is 217 g/mol. The van der Waals surface area contributed by atoms with E-state index in [1.165, 1.54) is 21.0 Å². The van der Waals surface area contributed by atoms with Crippen molar-refractivity contribution in [2.45, 2.75) is 20.4 Å². The van der Waals surface area contributed by atoms with Gasteiger partial charge in [-0.25, -0.2) is 0 Å². The summed E-state index contributed by atoms with van der Waals surface area (Å²) in [4.78, 5) is 2.80. The van der Waals surface area contributed by atoms with Crippen molar-refractivity contribution in [2.24, 2.45) is 0 Å². The second-order valence-corrected chi connectivity index (χ2v) is 5.12. The number of benzene rings is 1. The summed E-state index contributed by atoms with van der Waals surface area (Å²) in [5.41, 5.74) is 2.59. The van der Waals surface area contributed by atoms with Gasteiger partial charge < -0.3 is 5.32 Å². The first-order chi connectivity index (χ1) is 7.25. The molecule has 0 saturated carbocycles. The van der Waals surface area contributed by atoms with Gasteiger partial charge in [-0.05, 0) is 37.6 Å². The van der Waals surface area contributed by atoms with E-state index in [9.17, 15) is 0 Å². The topological polar surface area (TPSA) is 12.0 Å². The zero-order valence-corrected chi connectivity index (χ0v) is 9.90. The molecule has 1 aromatic carbocycles. The van der Waals surface area contributed by atoms with Crippen LogP contribution in [-0.4, -0.2) is 0 Å². The van der Waals surface area contributed by atoms with Crippen molar-refractivity contribution in [3.05, 3.63) is 51.7 Å². The van der Waals surface area contributed by atoms with Crippen LogP contribution < -0.4 is 5.32 Å². The summed E-state index contributed by atoms with van der Waals surface area (Å²) in [5.74, 6) is 0. The number of hydrogen-bond acceptors (Lipinski definition) is 2. The highest BCUT2D eigenvalue weighted by Gasteiger charge is 2.01. The van der Waals surface area contributed by atoms with Crippen LogP contribution in [0.2, 0.25) is 0 Å². The standard InChI is InChI=1S/C13H15NS/c1-10-8-12(11(2)15-10)9-14-13-6-4-3-5-7-13/h3-8,14H,9H2,1-2H3. The Kier molecular flexibility index (Phi) is 3.07. The second kappa shape index (κ2) is 4.49. The highest BCUT2D eigenvalue weighted by molar-refractivity contribution is 7.12. The number of hydrogen-bond donors (Lipinski definition) is 1. The van der Waals surface area contributed by atoms with Crippen molar-refractivity contribution in [1.29, 1.82) is 0 Å². The lowest BCUT2D eigenvalue weighted by Gasteiger charge is -2.05. The molecule has 78 valence electrons. The summed E-state index contributed by atoms with van der Waals surface area (Å²) in [6.07, 6.45) is 0. The van der Waals surface area contributed by atoms with Crippen molar-refractivity contribution in [2.75, 3.05) is 5.32 Å². The van der Waals surface area contributed by atoms with Gasteiger partial charge in [0.25, 0.3) is 0 Å². The van der Waals surface area contributed by atoms with E-state index in [1.54, 1.807) is 0 Å². The molecule has 0 aliphatic carbocycles. The molecular formula is C13H15NS. The molecule has 0 bridgehead atoms. The first-order valence-corrected chi connectivity index (χ1v) is 5.92. The van der Waals surface area contributed by atoms with Crippen LogP contribution in [0.15, 0.2) is 36.4 Å². The van der Waals surface area contributed by atoms with E-state index in [4.69, 9.17) is 0 Å². The smallest absolute Gasteiger partial charge is 0.0411 e. The zero-order valence-electron chi connectivity index (χ0n) is 9.08. The van der Waals surface area contributed by atoms with E-state index < -0.39 is 0 Å². The Hall–Kier alpha value is -1.28. The van der Waals surface area contributed by atoms with Crippen LogP contribution in [0.5, 0.6) is 0 Å². The van der Waals surface area contributed by atoms with E-state index in [1.807, 2.05) is 29.5 Å². The fraction of sp³-hybridized carbons (Fsp3) is 0.231. The lowest BCUT2D eigenvalue weighted by molar-refractivity contribution is 1.14.